The molecule has 1 aromatic carbocycles. The summed E-state index contributed by atoms with van der Waals surface area (Å²) in [5, 5.41) is 0. The lowest BCUT2D eigenvalue weighted by molar-refractivity contribution is -0.450. The number of benzene rings is 1. The Balaban J connectivity index is 3.65. The quantitative estimate of drug-likeness (QED) is 0.119. The molecule has 0 spiro atoms. The van der Waals surface area contributed by atoms with Crippen molar-refractivity contribution >= 4 is 5.97 Å². The number of halogens is 20. The predicted molar refractivity (Wildman–Crippen MR) is 67.6 cm³/mol. The standard InChI is InChI=1S/C14F20O2/c15-1-2(16)4(18)6(5(19)3(1)17)36-7(35)8(20,21)9(22,23)10(24,25)11(26,27)12(28,29)13(30,31)14(32,33)34. The molecular formula is C14F20O2. The molecule has 0 atom stereocenters. The van der Waals surface area contributed by atoms with Crippen molar-refractivity contribution in [1.29, 1.82) is 0 Å². The van der Waals surface area contributed by atoms with Gasteiger partial charge in [-0.2, -0.15) is 74.6 Å². The minimum Gasteiger partial charge on any atom is -0.415 e. The minimum atomic E-state index is -8.79. The molecule has 208 valence electrons. The molecule has 0 saturated heterocycles. The maximum absolute atomic E-state index is 13.6. The summed E-state index contributed by atoms with van der Waals surface area (Å²) < 4.78 is 263. The molecule has 0 bridgehead atoms. The zero-order valence-corrected chi connectivity index (χ0v) is 15.4. The van der Waals surface area contributed by atoms with Crippen molar-refractivity contribution in [2.24, 2.45) is 0 Å². The van der Waals surface area contributed by atoms with E-state index in [1.165, 1.54) is 0 Å². The Morgan fingerprint density at radius 2 is 0.722 bits per heavy atom. The van der Waals surface area contributed by atoms with E-state index in [-0.39, 0.29) is 0 Å². The second-order valence-electron chi connectivity index (χ2n) is 6.23. The van der Waals surface area contributed by atoms with Gasteiger partial charge in [-0.15, -0.1) is 0 Å². The van der Waals surface area contributed by atoms with Gasteiger partial charge in [0, 0.05) is 0 Å². The van der Waals surface area contributed by atoms with Crippen LogP contribution in [0, 0.1) is 29.1 Å². The summed E-state index contributed by atoms with van der Waals surface area (Å²) >= 11 is 0. The van der Waals surface area contributed by atoms with E-state index in [0.29, 0.717) is 0 Å². The number of carbonyl (C=O) groups is 1. The van der Waals surface area contributed by atoms with Crippen LogP contribution in [0.4, 0.5) is 87.8 Å². The Bertz CT molecular complexity index is 1010. The third-order valence-electron chi connectivity index (χ3n) is 3.95. The van der Waals surface area contributed by atoms with Crippen molar-refractivity contribution in [3.63, 3.8) is 0 Å². The maximum atomic E-state index is 13.6. The Hall–Kier alpha value is -2.71. The molecule has 0 aliphatic rings. The minimum absolute atomic E-state index is 2.60. The molecule has 0 heterocycles. The van der Waals surface area contributed by atoms with Gasteiger partial charge in [-0.25, -0.2) is 18.0 Å². The number of esters is 1. The first-order chi connectivity index (χ1) is 15.6. The average molecular weight is 580 g/mol. The fourth-order valence-corrected chi connectivity index (χ4v) is 1.93. The van der Waals surface area contributed by atoms with Gasteiger partial charge in [-0.3, -0.25) is 0 Å². The molecule has 0 amide bonds. The van der Waals surface area contributed by atoms with Gasteiger partial charge in [0.15, 0.2) is 0 Å². The van der Waals surface area contributed by atoms with Crippen LogP contribution in [0.25, 0.3) is 0 Å². The molecule has 1 aromatic rings. The molecule has 22 heteroatoms. The predicted octanol–water partition coefficient (Wildman–Crippen LogP) is 6.66. The summed E-state index contributed by atoms with van der Waals surface area (Å²) in [6.45, 7) is 0. The van der Waals surface area contributed by atoms with Gasteiger partial charge in [-0.05, 0) is 0 Å². The molecule has 0 aliphatic heterocycles. The number of carbonyl (C=O) groups excluding carboxylic acids is 1. The molecule has 0 aromatic heterocycles. The molecule has 0 fully saturated rings. The van der Waals surface area contributed by atoms with E-state index in [9.17, 15) is 92.6 Å². The molecular weight excluding hydrogens is 580 g/mol. The van der Waals surface area contributed by atoms with E-state index >= 15 is 0 Å². The molecule has 36 heavy (non-hydrogen) atoms. The van der Waals surface area contributed by atoms with E-state index in [1.54, 1.807) is 0 Å². The van der Waals surface area contributed by atoms with Crippen molar-refractivity contribution in [3.8, 4) is 5.75 Å². The Labute approximate surface area is 181 Å². The Morgan fingerprint density at radius 1 is 0.444 bits per heavy atom. The van der Waals surface area contributed by atoms with Crippen molar-refractivity contribution < 1.29 is 97.3 Å². The fraction of sp³-hybridized carbons (Fsp3) is 0.500. The number of hydrogen-bond donors (Lipinski definition) is 0. The van der Waals surface area contributed by atoms with Crippen LogP contribution in [0.3, 0.4) is 0 Å². The Morgan fingerprint density at radius 3 is 1.06 bits per heavy atom. The van der Waals surface area contributed by atoms with Crippen LogP contribution in [0.5, 0.6) is 5.75 Å². The van der Waals surface area contributed by atoms with Crippen molar-refractivity contribution in [1.82, 2.24) is 0 Å². The highest BCUT2D eigenvalue weighted by atomic mass is 19.4. The third-order valence-corrected chi connectivity index (χ3v) is 3.95. The number of alkyl halides is 15. The SMILES string of the molecule is O=C(Oc1c(F)c(F)c(F)c(F)c1F)C(F)(F)C(F)(F)C(F)(F)C(F)(F)C(F)(F)C(F)(F)C(F)(F)F. The second-order valence-corrected chi connectivity index (χ2v) is 6.23. The summed E-state index contributed by atoms with van der Waals surface area (Å²) in [5.74, 6) is -75.0. The van der Waals surface area contributed by atoms with Crippen LogP contribution in [-0.4, -0.2) is 47.7 Å². The molecule has 0 aliphatic carbocycles. The molecule has 1 rings (SSSR count). The number of ether oxygens (including phenoxy) is 1. The highest BCUT2D eigenvalue weighted by Gasteiger charge is 2.94. The van der Waals surface area contributed by atoms with Crippen molar-refractivity contribution in [2.75, 3.05) is 0 Å². The summed E-state index contributed by atoms with van der Waals surface area (Å²) in [6, 6.07) is 0. The van der Waals surface area contributed by atoms with Crippen molar-refractivity contribution in [2.45, 2.75) is 41.7 Å². The average Bonchev–Trinajstić information content (AvgIpc) is 2.72. The van der Waals surface area contributed by atoms with Gasteiger partial charge in [0.05, 0.1) is 0 Å². The van der Waals surface area contributed by atoms with Gasteiger partial charge in [0.25, 0.3) is 0 Å². The van der Waals surface area contributed by atoms with Gasteiger partial charge in [0.2, 0.25) is 34.8 Å². The second kappa shape index (κ2) is 8.42. The maximum Gasteiger partial charge on any atom is 0.460 e. The van der Waals surface area contributed by atoms with Gasteiger partial charge >= 0.3 is 47.7 Å². The molecule has 0 radical (unpaired) electrons. The normalized spacial score (nSPS) is 14.8. The highest BCUT2D eigenvalue weighted by molar-refractivity contribution is 5.81. The third kappa shape index (κ3) is 3.95. The van der Waals surface area contributed by atoms with E-state index in [4.69, 9.17) is 0 Å². The number of hydrogen-bond acceptors (Lipinski definition) is 2. The lowest BCUT2D eigenvalue weighted by Gasteiger charge is -2.40. The summed E-state index contributed by atoms with van der Waals surface area (Å²) in [5.41, 5.74) is 0. The zero-order chi connectivity index (χ0) is 29.2. The van der Waals surface area contributed by atoms with Crippen LogP contribution in [-0.2, 0) is 4.79 Å². The summed E-state index contributed by atoms with van der Waals surface area (Å²) in [4.78, 5) is 11.1. The largest absolute Gasteiger partial charge is 0.460 e. The van der Waals surface area contributed by atoms with Crippen LogP contribution in [0.2, 0.25) is 0 Å². The van der Waals surface area contributed by atoms with E-state index in [2.05, 4.69) is 4.74 Å². The lowest BCUT2D eigenvalue weighted by atomic mass is 9.91. The topological polar surface area (TPSA) is 26.3 Å². The Kier molecular flexibility index (Phi) is 7.32. The molecule has 0 N–H and O–H groups in total. The summed E-state index contributed by atoms with van der Waals surface area (Å²) in [7, 11) is 0. The first kappa shape index (κ1) is 31.3. The van der Waals surface area contributed by atoms with Crippen LogP contribution >= 0.6 is 0 Å². The van der Waals surface area contributed by atoms with Crippen molar-refractivity contribution in [3.05, 3.63) is 29.1 Å². The van der Waals surface area contributed by atoms with E-state index in [0.717, 1.165) is 0 Å². The van der Waals surface area contributed by atoms with Crippen LogP contribution in [0.15, 0.2) is 0 Å². The van der Waals surface area contributed by atoms with Gasteiger partial charge in [-0.1, -0.05) is 0 Å². The van der Waals surface area contributed by atoms with Gasteiger partial charge in [0.1, 0.15) is 0 Å². The van der Waals surface area contributed by atoms with E-state index < -0.39 is 82.5 Å². The van der Waals surface area contributed by atoms with Crippen LogP contribution in [0.1, 0.15) is 0 Å². The molecule has 0 saturated carbocycles. The monoisotopic (exact) mass is 580 g/mol. The first-order valence-electron chi connectivity index (χ1n) is 7.64. The fourth-order valence-electron chi connectivity index (χ4n) is 1.93. The highest BCUT2D eigenvalue weighted by Crippen LogP contribution is 2.62. The summed E-state index contributed by atoms with van der Waals surface area (Å²) in [6.07, 6.45) is -7.89. The lowest BCUT2D eigenvalue weighted by Crippen LogP contribution is -2.73. The smallest absolute Gasteiger partial charge is 0.415 e. The zero-order valence-electron chi connectivity index (χ0n) is 15.4. The molecule has 2 nitrogen and oxygen atoms in total. The molecule has 0 unspecified atom stereocenters. The van der Waals surface area contributed by atoms with Gasteiger partial charge < -0.3 is 4.74 Å². The van der Waals surface area contributed by atoms with E-state index in [1.807, 2.05) is 0 Å². The number of rotatable bonds is 7. The van der Waals surface area contributed by atoms with Crippen LogP contribution < -0.4 is 4.74 Å². The first-order valence-corrected chi connectivity index (χ1v) is 7.64.